The maximum atomic E-state index is 12.9. The van der Waals surface area contributed by atoms with Crippen molar-refractivity contribution in [2.24, 2.45) is 0 Å². The molecule has 1 aliphatic rings. The fourth-order valence-corrected chi connectivity index (χ4v) is 5.37. The Hall–Kier alpha value is -3.43. The van der Waals surface area contributed by atoms with Crippen molar-refractivity contribution in [2.45, 2.75) is 30.6 Å². The number of nitrogens with one attached hydrogen (secondary N) is 2. The molecule has 9 heteroatoms. The highest BCUT2D eigenvalue weighted by Gasteiger charge is 2.25. The average molecular weight is 467 g/mol. The first kappa shape index (κ1) is 22.8. The van der Waals surface area contributed by atoms with Crippen molar-refractivity contribution in [1.29, 1.82) is 0 Å². The van der Waals surface area contributed by atoms with E-state index in [0.717, 1.165) is 25.7 Å². The van der Waals surface area contributed by atoms with Gasteiger partial charge in [-0.15, -0.1) is 0 Å². The number of aromatic nitrogens is 1. The van der Waals surface area contributed by atoms with Crippen LogP contribution in [0.4, 0.5) is 0 Å². The number of amides is 2. The number of carbonyl (C=O) groups excluding carboxylic acids is 2. The normalized spacial score (nSPS) is 14.9. The van der Waals surface area contributed by atoms with Gasteiger partial charge < -0.3 is 4.57 Å². The predicted octanol–water partition coefficient (Wildman–Crippen LogP) is 3.12. The molecule has 33 heavy (non-hydrogen) atoms. The molecular formula is C24H26N4O4S. The number of sulfonamides is 1. The molecule has 1 aromatic heterocycles. The Labute approximate surface area is 193 Å². The highest BCUT2D eigenvalue weighted by molar-refractivity contribution is 7.89. The standard InChI is InChI=1S/C24H26N4O4S/c29-23(25-26-24(30)21-9-3-4-10-22(21)27-15-7-8-16-27)19-11-13-20(14-12-19)33(31,32)28-17-5-1-2-6-18-28/h3-4,7-16H,1-2,5-6,17-18H2,(H,25,29)(H,26,30). The molecule has 0 atom stereocenters. The molecule has 2 amide bonds. The van der Waals surface area contributed by atoms with E-state index in [1.54, 1.807) is 22.8 Å². The first-order valence-corrected chi connectivity index (χ1v) is 12.3. The quantitative estimate of drug-likeness (QED) is 0.564. The van der Waals surface area contributed by atoms with Crippen LogP contribution in [0.2, 0.25) is 0 Å². The molecule has 4 rings (SSSR count). The van der Waals surface area contributed by atoms with E-state index in [1.807, 2.05) is 30.6 Å². The van der Waals surface area contributed by atoms with Gasteiger partial charge in [0.2, 0.25) is 10.0 Å². The Bertz CT molecular complexity index is 1210. The van der Waals surface area contributed by atoms with Gasteiger partial charge in [-0.05, 0) is 61.4 Å². The van der Waals surface area contributed by atoms with E-state index >= 15 is 0 Å². The van der Waals surface area contributed by atoms with Crippen LogP contribution in [0.3, 0.4) is 0 Å². The van der Waals surface area contributed by atoms with Crippen LogP contribution in [0.5, 0.6) is 0 Å². The highest BCUT2D eigenvalue weighted by atomic mass is 32.2. The van der Waals surface area contributed by atoms with Crippen LogP contribution < -0.4 is 10.9 Å². The lowest BCUT2D eigenvalue weighted by Crippen LogP contribution is -2.42. The Morgan fingerprint density at radius 2 is 1.33 bits per heavy atom. The van der Waals surface area contributed by atoms with Gasteiger partial charge in [0, 0.05) is 31.0 Å². The zero-order chi connectivity index (χ0) is 23.3. The number of para-hydroxylation sites is 1. The Morgan fingerprint density at radius 3 is 2.00 bits per heavy atom. The summed E-state index contributed by atoms with van der Waals surface area (Å²) in [7, 11) is -3.59. The summed E-state index contributed by atoms with van der Waals surface area (Å²) in [6, 6.07) is 16.5. The minimum atomic E-state index is -3.59. The second-order valence-corrected chi connectivity index (χ2v) is 9.80. The van der Waals surface area contributed by atoms with Crippen LogP contribution in [-0.2, 0) is 10.0 Å². The average Bonchev–Trinajstić information content (AvgIpc) is 3.23. The van der Waals surface area contributed by atoms with E-state index < -0.39 is 21.8 Å². The summed E-state index contributed by atoms with van der Waals surface area (Å²) in [5, 5.41) is 0. The lowest BCUT2D eigenvalue weighted by Gasteiger charge is -2.20. The van der Waals surface area contributed by atoms with E-state index in [1.165, 1.54) is 28.6 Å². The molecular weight excluding hydrogens is 440 g/mol. The highest BCUT2D eigenvalue weighted by Crippen LogP contribution is 2.21. The molecule has 2 N–H and O–H groups in total. The summed E-state index contributed by atoms with van der Waals surface area (Å²) >= 11 is 0. The van der Waals surface area contributed by atoms with Gasteiger partial charge >= 0.3 is 0 Å². The van der Waals surface area contributed by atoms with Gasteiger partial charge in [0.25, 0.3) is 11.8 Å². The number of benzene rings is 2. The summed E-state index contributed by atoms with van der Waals surface area (Å²) in [6.07, 6.45) is 7.43. The minimum Gasteiger partial charge on any atom is -0.323 e. The molecule has 0 aliphatic carbocycles. The largest absolute Gasteiger partial charge is 0.323 e. The Balaban J connectivity index is 1.41. The van der Waals surface area contributed by atoms with Crippen molar-refractivity contribution in [2.75, 3.05) is 13.1 Å². The maximum Gasteiger partial charge on any atom is 0.271 e. The SMILES string of the molecule is O=C(NNC(=O)c1ccccc1-n1cccc1)c1ccc(S(=O)(=O)N2CCCCCC2)cc1. The topological polar surface area (TPSA) is 101 Å². The molecule has 3 aromatic rings. The van der Waals surface area contributed by atoms with Crippen molar-refractivity contribution < 1.29 is 18.0 Å². The molecule has 0 spiro atoms. The smallest absolute Gasteiger partial charge is 0.271 e. The summed E-state index contributed by atoms with van der Waals surface area (Å²) < 4.78 is 29.1. The van der Waals surface area contributed by atoms with Gasteiger partial charge in [-0.2, -0.15) is 4.31 Å². The third-order valence-corrected chi connectivity index (χ3v) is 7.55. The van der Waals surface area contributed by atoms with Gasteiger partial charge in [0.1, 0.15) is 0 Å². The van der Waals surface area contributed by atoms with Gasteiger partial charge in [0.05, 0.1) is 16.1 Å². The van der Waals surface area contributed by atoms with Crippen molar-refractivity contribution in [3.05, 3.63) is 84.2 Å². The van der Waals surface area contributed by atoms with Crippen LogP contribution in [0.25, 0.3) is 5.69 Å². The van der Waals surface area contributed by atoms with Crippen LogP contribution in [0, 0.1) is 0 Å². The number of carbonyl (C=O) groups is 2. The van der Waals surface area contributed by atoms with Gasteiger partial charge in [-0.3, -0.25) is 20.4 Å². The number of hydrogen-bond acceptors (Lipinski definition) is 4. The molecule has 172 valence electrons. The zero-order valence-corrected chi connectivity index (χ0v) is 18.9. The summed E-state index contributed by atoms with van der Waals surface area (Å²) in [5.74, 6) is -1.01. The molecule has 0 unspecified atom stereocenters. The predicted molar refractivity (Wildman–Crippen MR) is 124 cm³/mol. The molecule has 0 radical (unpaired) electrons. The molecule has 0 bridgehead atoms. The monoisotopic (exact) mass is 466 g/mol. The van der Waals surface area contributed by atoms with Crippen LogP contribution in [0.1, 0.15) is 46.4 Å². The molecule has 0 saturated carbocycles. The summed E-state index contributed by atoms with van der Waals surface area (Å²) in [5.41, 5.74) is 6.13. The maximum absolute atomic E-state index is 12.9. The number of hydrogen-bond donors (Lipinski definition) is 2. The summed E-state index contributed by atoms with van der Waals surface area (Å²) in [4.78, 5) is 25.3. The van der Waals surface area contributed by atoms with Crippen molar-refractivity contribution in [1.82, 2.24) is 19.7 Å². The Kier molecular flexibility index (Phi) is 6.90. The van der Waals surface area contributed by atoms with E-state index in [4.69, 9.17) is 0 Å². The van der Waals surface area contributed by atoms with Crippen LogP contribution in [0.15, 0.2) is 78.0 Å². The minimum absolute atomic E-state index is 0.158. The van der Waals surface area contributed by atoms with Gasteiger partial charge in [0.15, 0.2) is 0 Å². The summed E-state index contributed by atoms with van der Waals surface area (Å²) in [6.45, 7) is 1.03. The van der Waals surface area contributed by atoms with Gasteiger partial charge in [-0.1, -0.05) is 25.0 Å². The van der Waals surface area contributed by atoms with E-state index in [9.17, 15) is 18.0 Å². The lowest BCUT2D eigenvalue weighted by molar-refractivity contribution is 0.0846. The molecule has 2 aromatic carbocycles. The van der Waals surface area contributed by atoms with Gasteiger partial charge in [-0.25, -0.2) is 8.42 Å². The molecule has 1 aliphatic heterocycles. The first-order chi connectivity index (χ1) is 16.0. The number of rotatable bonds is 5. The molecule has 1 fully saturated rings. The van der Waals surface area contributed by atoms with Crippen molar-refractivity contribution in [3.8, 4) is 5.69 Å². The fraction of sp³-hybridized carbons (Fsp3) is 0.250. The van der Waals surface area contributed by atoms with E-state index in [-0.39, 0.29) is 10.5 Å². The number of hydrazine groups is 1. The van der Waals surface area contributed by atoms with E-state index in [0.29, 0.717) is 24.3 Å². The Morgan fingerprint density at radius 1 is 0.727 bits per heavy atom. The zero-order valence-electron chi connectivity index (χ0n) is 18.1. The third-order valence-electron chi connectivity index (χ3n) is 5.64. The third kappa shape index (κ3) is 5.15. The van der Waals surface area contributed by atoms with E-state index in [2.05, 4.69) is 10.9 Å². The molecule has 8 nitrogen and oxygen atoms in total. The second-order valence-electron chi connectivity index (χ2n) is 7.86. The van der Waals surface area contributed by atoms with Crippen molar-refractivity contribution >= 4 is 21.8 Å². The number of nitrogens with zero attached hydrogens (tertiary/aromatic N) is 2. The molecule has 2 heterocycles. The fourth-order valence-electron chi connectivity index (χ4n) is 3.85. The van der Waals surface area contributed by atoms with Crippen LogP contribution in [-0.4, -0.2) is 42.2 Å². The van der Waals surface area contributed by atoms with Crippen LogP contribution >= 0.6 is 0 Å². The molecule has 1 saturated heterocycles. The van der Waals surface area contributed by atoms with Crippen molar-refractivity contribution in [3.63, 3.8) is 0 Å². The lowest BCUT2D eigenvalue weighted by atomic mass is 10.1. The second kappa shape index (κ2) is 10.0. The first-order valence-electron chi connectivity index (χ1n) is 10.9.